The smallest absolute Gasteiger partial charge is 0.0713 e. The van der Waals surface area contributed by atoms with Crippen molar-refractivity contribution in [1.82, 2.24) is 5.32 Å². The normalized spacial score (nSPS) is 22.9. The number of methoxy groups -OCH3 is 1. The molecule has 0 aliphatic heterocycles. The van der Waals surface area contributed by atoms with Gasteiger partial charge in [-0.2, -0.15) is 0 Å². The van der Waals surface area contributed by atoms with Crippen LogP contribution in [0.15, 0.2) is 24.3 Å². The fourth-order valence-corrected chi connectivity index (χ4v) is 3.18. The Kier molecular flexibility index (Phi) is 5.19. The van der Waals surface area contributed by atoms with Crippen LogP contribution in [0, 0.1) is 5.41 Å². The largest absolute Gasteiger partial charge is 0.380 e. The summed E-state index contributed by atoms with van der Waals surface area (Å²) in [5.41, 5.74) is 8.91. The molecule has 1 fully saturated rings. The van der Waals surface area contributed by atoms with Crippen LogP contribution in [0.25, 0.3) is 0 Å². The number of hydrogen-bond acceptors (Lipinski definition) is 3. The molecule has 0 aromatic heterocycles. The van der Waals surface area contributed by atoms with Crippen molar-refractivity contribution in [1.29, 1.82) is 0 Å². The molecule has 3 N–H and O–H groups in total. The van der Waals surface area contributed by atoms with Crippen molar-refractivity contribution in [2.45, 2.75) is 51.8 Å². The van der Waals surface area contributed by atoms with E-state index in [1.807, 2.05) is 0 Å². The maximum atomic E-state index is 5.96. The van der Waals surface area contributed by atoms with Gasteiger partial charge in [0.05, 0.1) is 6.61 Å². The number of nitrogens with two attached hydrogens (primary N) is 1. The second-order valence-electron chi connectivity index (χ2n) is 6.73. The topological polar surface area (TPSA) is 47.3 Å². The molecule has 112 valence electrons. The van der Waals surface area contributed by atoms with Gasteiger partial charge in [-0.1, -0.05) is 38.1 Å². The second kappa shape index (κ2) is 6.70. The van der Waals surface area contributed by atoms with Gasteiger partial charge in [-0.3, -0.25) is 0 Å². The van der Waals surface area contributed by atoms with E-state index in [4.69, 9.17) is 10.5 Å². The third-order valence-electron chi connectivity index (χ3n) is 4.33. The van der Waals surface area contributed by atoms with Crippen molar-refractivity contribution < 1.29 is 4.74 Å². The molecule has 0 saturated heterocycles. The highest BCUT2D eigenvalue weighted by Gasteiger charge is 2.31. The average molecular weight is 276 g/mol. The van der Waals surface area contributed by atoms with E-state index in [2.05, 4.69) is 43.4 Å². The van der Waals surface area contributed by atoms with Gasteiger partial charge in [0, 0.05) is 25.7 Å². The van der Waals surface area contributed by atoms with Crippen molar-refractivity contribution in [3.8, 4) is 0 Å². The van der Waals surface area contributed by atoms with Crippen LogP contribution in [0.2, 0.25) is 0 Å². The first kappa shape index (κ1) is 15.5. The lowest BCUT2D eigenvalue weighted by Gasteiger charge is -2.24. The van der Waals surface area contributed by atoms with Crippen LogP contribution in [0.1, 0.15) is 50.3 Å². The molecule has 0 bridgehead atoms. The summed E-state index contributed by atoms with van der Waals surface area (Å²) in [5, 5.41) is 3.73. The summed E-state index contributed by atoms with van der Waals surface area (Å²) in [7, 11) is 1.72. The minimum absolute atomic E-state index is 0.255. The molecule has 0 amide bonds. The van der Waals surface area contributed by atoms with Gasteiger partial charge in [-0.05, 0) is 35.8 Å². The van der Waals surface area contributed by atoms with Crippen molar-refractivity contribution in [2.75, 3.05) is 13.7 Å². The number of benzene rings is 1. The molecular weight excluding hydrogens is 248 g/mol. The Morgan fingerprint density at radius 1 is 1.35 bits per heavy atom. The van der Waals surface area contributed by atoms with Gasteiger partial charge >= 0.3 is 0 Å². The van der Waals surface area contributed by atoms with E-state index in [1.54, 1.807) is 7.11 Å². The minimum atomic E-state index is 0.255. The second-order valence-corrected chi connectivity index (χ2v) is 6.73. The molecule has 20 heavy (non-hydrogen) atoms. The summed E-state index contributed by atoms with van der Waals surface area (Å²) in [4.78, 5) is 0. The molecule has 1 aromatic rings. The monoisotopic (exact) mass is 276 g/mol. The third kappa shape index (κ3) is 4.05. The first-order chi connectivity index (χ1) is 9.54. The Bertz CT molecular complexity index is 414. The molecule has 3 heteroatoms. The molecular formula is C17H28N2O. The highest BCUT2D eigenvalue weighted by atomic mass is 16.5. The quantitative estimate of drug-likeness (QED) is 0.839. The predicted molar refractivity (Wildman–Crippen MR) is 83.5 cm³/mol. The molecule has 2 rings (SSSR count). The first-order valence-electron chi connectivity index (χ1n) is 7.58. The van der Waals surface area contributed by atoms with E-state index in [1.165, 1.54) is 30.4 Å². The molecule has 1 aromatic carbocycles. The van der Waals surface area contributed by atoms with Crippen LogP contribution in [0.5, 0.6) is 0 Å². The average Bonchev–Trinajstić information content (AvgIpc) is 2.77. The molecule has 2 atom stereocenters. The first-order valence-corrected chi connectivity index (χ1v) is 7.58. The van der Waals surface area contributed by atoms with Crippen LogP contribution in [-0.4, -0.2) is 19.7 Å². The zero-order chi connectivity index (χ0) is 14.6. The summed E-state index contributed by atoms with van der Waals surface area (Å²) in [5.74, 6) is 0. The van der Waals surface area contributed by atoms with Crippen LogP contribution in [0.3, 0.4) is 0 Å². The van der Waals surface area contributed by atoms with E-state index in [9.17, 15) is 0 Å². The van der Waals surface area contributed by atoms with E-state index < -0.39 is 0 Å². The Balaban J connectivity index is 1.97. The zero-order valence-electron chi connectivity index (χ0n) is 13.0. The summed E-state index contributed by atoms with van der Waals surface area (Å²) >= 11 is 0. The molecule has 0 heterocycles. The van der Waals surface area contributed by atoms with Gasteiger partial charge in [0.15, 0.2) is 0 Å². The van der Waals surface area contributed by atoms with Gasteiger partial charge in [-0.25, -0.2) is 0 Å². The number of hydrogen-bond donors (Lipinski definition) is 2. The Morgan fingerprint density at radius 3 is 2.55 bits per heavy atom. The van der Waals surface area contributed by atoms with Crippen LogP contribution in [0.4, 0.5) is 0 Å². The molecule has 0 spiro atoms. The summed E-state index contributed by atoms with van der Waals surface area (Å²) in [6.45, 7) is 6.01. The number of nitrogens with one attached hydrogen (secondary N) is 1. The van der Waals surface area contributed by atoms with Crippen molar-refractivity contribution >= 4 is 0 Å². The lowest BCUT2D eigenvalue weighted by atomic mass is 9.91. The Morgan fingerprint density at radius 2 is 2.05 bits per heavy atom. The lowest BCUT2D eigenvalue weighted by Crippen LogP contribution is -2.35. The van der Waals surface area contributed by atoms with Gasteiger partial charge < -0.3 is 15.8 Å². The van der Waals surface area contributed by atoms with E-state index in [0.717, 1.165) is 0 Å². The van der Waals surface area contributed by atoms with Crippen LogP contribution in [-0.2, 0) is 11.3 Å². The van der Waals surface area contributed by atoms with E-state index >= 15 is 0 Å². The fourth-order valence-electron chi connectivity index (χ4n) is 3.18. The molecule has 2 unspecified atom stereocenters. The number of ether oxygens (including phenoxy) is 1. The lowest BCUT2D eigenvalue weighted by molar-refractivity contribution is 0.185. The Labute approximate surface area is 122 Å². The number of rotatable bonds is 6. The highest BCUT2D eigenvalue weighted by Crippen LogP contribution is 2.37. The highest BCUT2D eigenvalue weighted by molar-refractivity contribution is 5.25. The van der Waals surface area contributed by atoms with Gasteiger partial charge in [0.2, 0.25) is 0 Å². The predicted octanol–water partition coefficient (Wildman–Crippen LogP) is 3.00. The van der Waals surface area contributed by atoms with E-state index in [0.29, 0.717) is 24.6 Å². The Hall–Kier alpha value is -0.900. The maximum Gasteiger partial charge on any atom is 0.0713 e. The molecule has 1 aliphatic rings. The van der Waals surface area contributed by atoms with Crippen molar-refractivity contribution in [3.05, 3.63) is 35.4 Å². The summed E-state index contributed by atoms with van der Waals surface area (Å²) in [6, 6.07) is 9.43. The van der Waals surface area contributed by atoms with Gasteiger partial charge in [0.1, 0.15) is 0 Å². The summed E-state index contributed by atoms with van der Waals surface area (Å²) < 4.78 is 5.14. The van der Waals surface area contributed by atoms with E-state index in [-0.39, 0.29) is 6.04 Å². The fraction of sp³-hybridized carbons (Fsp3) is 0.647. The maximum absolute atomic E-state index is 5.96. The standard InChI is InChI=1S/C17H28N2O/c1-17(2)9-8-15(10-17)19-16(11-18)14-6-4-13(5-7-14)12-20-3/h4-7,15-16,19H,8-12,18H2,1-3H3. The zero-order valence-corrected chi connectivity index (χ0v) is 13.0. The van der Waals surface area contributed by atoms with Crippen molar-refractivity contribution in [3.63, 3.8) is 0 Å². The van der Waals surface area contributed by atoms with Crippen LogP contribution >= 0.6 is 0 Å². The summed E-state index contributed by atoms with van der Waals surface area (Å²) in [6.07, 6.45) is 3.80. The molecule has 3 nitrogen and oxygen atoms in total. The molecule has 1 aliphatic carbocycles. The van der Waals surface area contributed by atoms with Gasteiger partial charge in [-0.15, -0.1) is 0 Å². The minimum Gasteiger partial charge on any atom is -0.380 e. The van der Waals surface area contributed by atoms with Gasteiger partial charge in [0.25, 0.3) is 0 Å². The van der Waals surface area contributed by atoms with Crippen LogP contribution < -0.4 is 11.1 Å². The molecule has 0 radical (unpaired) electrons. The SMILES string of the molecule is COCc1ccc(C(CN)NC2CCC(C)(C)C2)cc1. The third-order valence-corrected chi connectivity index (χ3v) is 4.33. The van der Waals surface area contributed by atoms with Crippen molar-refractivity contribution in [2.24, 2.45) is 11.1 Å². The molecule has 1 saturated carbocycles.